The van der Waals surface area contributed by atoms with Crippen LogP contribution in [-0.2, 0) is 14.4 Å². The van der Waals surface area contributed by atoms with Gasteiger partial charge in [0.2, 0.25) is 11.8 Å². The molecule has 0 radical (unpaired) electrons. The number of amides is 2. The Labute approximate surface area is 116 Å². The van der Waals surface area contributed by atoms with Gasteiger partial charge in [0.1, 0.15) is 6.04 Å². The van der Waals surface area contributed by atoms with Crippen molar-refractivity contribution in [3.8, 4) is 0 Å². The molecule has 3 rings (SSSR count). The lowest BCUT2D eigenvalue weighted by Crippen LogP contribution is -2.60. The average Bonchev–Trinajstić information content (AvgIpc) is 3.00. The third kappa shape index (κ3) is 2.26. The number of fused-ring (bicyclic) bond motifs is 2. The smallest absolute Gasteiger partial charge is 0.308 e. The first kappa shape index (κ1) is 13.4. The summed E-state index contributed by atoms with van der Waals surface area (Å²) in [6.07, 6.45) is 2.84. The van der Waals surface area contributed by atoms with Crippen LogP contribution in [0.1, 0.15) is 19.3 Å². The highest BCUT2D eigenvalue weighted by atomic mass is 16.4. The van der Waals surface area contributed by atoms with Gasteiger partial charge in [0.15, 0.2) is 0 Å². The third-order valence-electron chi connectivity index (χ3n) is 4.84. The minimum Gasteiger partial charge on any atom is -0.481 e. The highest BCUT2D eigenvalue weighted by Gasteiger charge is 2.51. The summed E-state index contributed by atoms with van der Waals surface area (Å²) in [6, 6.07) is -0.737. The second-order valence-electron chi connectivity index (χ2n) is 5.97. The number of hydrogen-bond acceptors (Lipinski definition) is 4. The van der Waals surface area contributed by atoms with Crippen molar-refractivity contribution in [1.29, 1.82) is 0 Å². The van der Waals surface area contributed by atoms with Crippen molar-refractivity contribution in [3.63, 3.8) is 0 Å². The first-order chi connectivity index (χ1) is 9.56. The Morgan fingerprint density at radius 3 is 2.65 bits per heavy atom. The van der Waals surface area contributed by atoms with Gasteiger partial charge in [-0.3, -0.25) is 19.7 Å². The fraction of sp³-hybridized carbons (Fsp3) is 0.769. The average molecular weight is 281 g/mol. The Bertz CT molecular complexity index is 443. The fourth-order valence-corrected chi connectivity index (χ4v) is 3.87. The van der Waals surface area contributed by atoms with Crippen molar-refractivity contribution in [1.82, 2.24) is 16.0 Å². The molecule has 5 unspecified atom stereocenters. The summed E-state index contributed by atoms with van der Waals surface area (Å²) in [5.41, 5.74) is 0. The van der Waals surface area contributed by atoms with E-state index in [4.69, 9.17) is 0 Å². The predicted molar refractivity (Wildman–Crippen MR) is 68.7 cm³/mol. The SMILES string of the molecule is O=C1CNC(C(=O)NC2C3CCC(C3)C2C(=O)O)CN1. The first-order valence-electron chi connectivity index (χ1n) is 7.09. The number of aliphatic carboxylic acids is 1. The minimum atomic E-state index is -0.813. The van der Waals surface area contributed by atoms with Crippen LogP contribution < -0.4 is 16.0 Å². The van der Waals surface area contributed by atoms with E-state index >= 15 is 0 Å². The summed E-state index contributed by atoms with van der Waals surface area (Å²) in [7, 11) is 0. The summed E-state index contributed by atoms with van der Waals surface area (Å²) >= 11 is 0. The highest BCUT2D eigenvalue weighted by molar-refractivity contribution is 5.87. The van der Waals surface area contributed by atoms with Crippen molar-refractivity contribution < 1.29 is 19.5 Å². The van der Waals surface area contributed by atoms with Crippen molar-refractivity contribution in [2.75, 3.05) is 13.1 Å². The van der Waals surface area contributed by atoms with Gasteiger partial charge >= 0.3 is 5.97 Å². The van der Waals surface area contributed by atoms with Crippen LogP contribution in [0.4, 0.5) is 0 Å². The molecule has 2 bridgehead atoms. The summed E-state index contributed by atoms with van der Waals surface area (Å²) in [5, 5.41) is 17.7. The van der Waals surface area contributed by atoms with E-state index in [2.05, 4.69) is 16.0 Å². The molecule has 0 aromatic heterocycles. The van der Waals surface area contributed by atoms with Crippen LogP contribution in [0.15, 0.2) is 0 Å². The van der Waals surface area contributed by atoms with E-state index in [1.54, 1.807) is 0 Å². The van der Waals surface area contributed by atoms with Crippen LogP contribution in [0, 0.1) is 17.8 Å². The molecule has 7 heteroatoms. The lowest BCUT2D eigenvalue weighted by Gasteiger charge is -2.31. The molecule has 1 aliphatic heterocycles. The summed E-state index contributed by atoms with van der Waals surface area (Å²) in [6.45, 7) is 0.375. The van der Waals surface area contributed by atoms with Crippen LogP contribution in [0.3, 0.4) is 0 Å². The van der Waals surface area contributed by atoms with E-state index in [1.165, 1.54) is 0 Å². The number of carboxylic acids is 1. The van der Waals surface area contributed by atoms with E-state index in [-0.39, 0.29) is 42.8 Å². The number of hydrogen-bond donors (Lipinski definition) is 4. The maximum Gasteiger partial charge on any atom is 0.308 e. The molecule has 3 fully saturated rings. The molecule has 2 amide bonds. The van der Waals surface area contributed by atoms with E-state index < -0.39 is 17.9 Å². The van der Waals surface area contributed by atoms with E-state index in [0.717, 1.165) is 19.3 Å². The Morgan fingerprint density at radius 1 is 1.25 bits per heavy atom. The largest absolute Gasteiger partial charge is 0.481 e. The molecule has 110 valence electrons. The third-order valence-corrected chi connectivity index (χ3v) is 4.84. The number of carbonyl (C=O) groups is 3. The molecule has 20 heavy (non-hydrogen) atoms. The fourth-order valence-electron chi connectivity index (χ4n) is 3.87. The molecule has 0 spiro atoms. The summed E-state index contributed by atoms with van der Waals surface area (Å²) in [4.78, 5) is 34.6. The Hall–Kier alpha value is -1.63. The normalized spacial score (nSPS) is 39.4. The van der Waals surface area contributed by atoms with E-state index in [0.29, 0.717) is 0 Å². The van der Waals surface area contributed by atoms with E-state index in [1.807, 2.05) is 0 Å². The maximum absolute atomic E-state index is 12.2. The zero-order chi connectivity index (χ0) is 14.3. The summed E-state index contributed by atoms with van der Waals surface area (Å²) < 4.78 is 0. The topological polar surface area (TPSA) is 108 Å². The van der Waals surface area contributed by atoms with Gasteiger partial charge < -0.3 is 15.7 Å². The minimum absolute atomic E-state index is 0.122. The van der Waals surface area contributed by atoms with E-state index in [9.17, 15) is 19.5 Å². The number of nitrogens with one attached hydrogen (secondary N) is 3. The standard InChI is InChI=1S/C13H19N3O4/c17-9-5-14-8(4-15-9)12(18)16-11-7-2-1-6(3-7)10(11)13(19)20/h6-8,10-11,14H,1-5H2,(H,15,17)(H,16,18)(H,19,20). The second-order valence-corrected chi connectivity index (χ2v) is 5.97. The quantitative estimate of drug-likeness (QED) is 0.514. The molecule has 5 atom stereocenters. The zero-order valence-electron chi connectivity index (χ0n) is 11.1. The Morgan fingerprint density at radius 2 is 2.00 bits per heavy atom. The molecule has 0 aromatic carbocycles. The number of carboxylic acid groups (broad SMARTS) is 1. The lowest BCUT2D eigenvalue weighted by atomic mass is 9.84. The number of piperazine rings is 1. The molecule has 7 nitrogen and oxygen atoms in total. The Balaban J connectivity index is 1.63. The molecule has 1 heterocycles. The zero-order valence-corrected chi connectivity index (χ0v) is 11.1. The molecule has 4 N–H and O–H groups in total. The van der Waals surface area contributed by atoms with Gasteiger partial charge in [0, 0.05) is 12.6 Å². The number of carbonyl (C=O) groups excluding carboxylic acids is 2. The van der Waals surface area contributed by atoms with Crippen LogP contribution >= 0.6 is 0 Å². The van der Waals surface area contributed by atoms with Crippen LogP contribution in [0.2, 0.25) is 0 Å². The Kier molecular flexibility index (Phi) is 3.37. The second kappa shape index (κ2) is 5.05. The van der Waals surface area contributed by atoms with Crippen LogP contribution in [0.5, 0.6) is 0 Å². The molecular weight excluding hydrogens is 262 g/mol. The van der Waals surface area contributed by atoms with Gasteiger partial charge in [0.05, 0.1) is 12.5 Å². The van der Waals surface area contributed by atoms with Gasteiger partial charge in [-0.15, -0.1) is 0 Å². The monoisotopic (exact) mass is 281 g/mol. The maximum atomic E-state index is 12.2. The van der Waals surface area contributed by atoms with Gasteiger partial charge in [-0.2, -0.15) is 0 Å². The van der Waals surface area contributed by atoms with Gasteiger partial charge in [-0.25, -0.2) is 0 Å². The lowest BCUT2D eigenvalue weighted by molar-refractivity contribution is -0.144. The van der Waals surface area contributed by atoms with Crippen LogP contribution in [-0.4, -0.2) is 48.1 Å². The van der Waals surface area contributed by atoms with Crippen LogP contribution in [0.25, 0.3) is 0 Å². The molecule has 3 aliphatic rings. The van der Waals surface area contributed by atoms with Gasteiger partial charge in [0.25, 0.3) is 0 Å². The molecule has 2 aliphatic carbocycles. The molecule has 2 saturated carbocycles. The van der Waals surface area contributed by atoms with Gasteiger partial charge in [-0.1, -0.05) is 0 Å². The highest BCUT2D eigenvalue weighted by Crippen LogP contribution is 2.48. The van der Waals surface area contributed by atoms with Gasteiger partial charge in [-0.05, 0) is 31.1 Å². The van der Waals surface area contributed by atoms with Crippen molar-refractivity contribution in [3.05, 3.63) is 0 Å². The van der Waals surface area contributed by atoms with Crippen molar-refractivity contribution in [2.45, 2.75) is 31.3 Å². The number of rotatable bonds is 3. The molecule has 0 aromatic rings. The first-order valence-corrected chi connectivity index (χ1v) is 7.09. The molecular formula is C13H19N3O4. The predicted octanol–water partition coefficient (Wildman–Crippen LogP) is -1.31. The van der Waals surface area contributed by atoms with Crippen molar-refractivity contribution in [2.24, 2.45) is 17.8 Å². The van der Waals surface area contributed by atoms with Crippen molar-refractivity contribution >= 4 is 17.8 Å². The summed E-state index contributed by atoms with van der Waals surface area (Å²) in [5.74, 6) is -1.14. The molecule has 1 saturated heterocycles.